The summed E-state index contributed by atoms with van der Waals surface area (Å²) in [6, 6.07) is 7.76. The molecule has 3 nitrogen and oxygen atoms in total. The van der Waals surface area contributed by atoms with Crippen molar-refractivity contribution in [2.75, 3.05) is 0 Å². The minimum atomic E-state index is 0.475. The van der Waals surface area contributed by atoms with Crippen LogP contribution in [0.5, 0.6) is 0 Å². The van der Waals surface area contributed by atoms with Crippen LogP contribution in [-0.4, -0.2) is 9.38 Å². The predicted octanol–water partition coefficient (Wildman–Crippen LogP) is 4.05. The molecule has 104 valence electrons. The second-order valence-electron chi connectivity index (χ2n) is 4.69. The Hall–Kier alpha value is -1.36. The van der Waals surface area contributed by atoms with Gasteiger partial charge in [0.2, 0.25) is 0 Å². The van der Waals surface area contributed by atoms with Crippen LogP contribution >= 0.6 is 22.9 Å². The van der Waals surface area contributed by atoms with Crippen molar-refractivity contribution in [3.63, 3.8) is 0 Å². The number of nitrogens with zero attached hydrogens (tertiary/aromatic N) is 2. The molecule has 1 aromatic carbocycles. The van der Waals surface area contributed by atoms with Crippen molar-refractivity contribution in [3.05, 3.63) is 45.6 Å². The average Bonchev–Trinajstić information content (AvgIpc) is 2.93. The first-order chi connectivity index (χ1) is 9.65. The Balaban J connectivity index is 2.26. The highest BCUT2D eigenvalue weighted by Crippen LogP contribution is 2.31. The first kappa shape index (κ1) is 13.6. The highest BCUT2D eigenvalue weighted by Gasteiger charge is 2.18. The van der Waals surface area contributed by atoms with E-state index in [9.17, 15) is 0 Å². The molecular formula is C15H16ClN3S. The molecule has 0 fully saturated rings. The Bertz CT molecular complexity index is 756. The lowest BCUT2D eigenvalue weighted by Crippen LogP contribution is -2.04. The van der Waals surface area contributed by atoms with Gasteiger partial charge in [0, 0.05) is 27.7 Å². The van der Waals surface area contributed by atoms with Gasteiger partial charge in [-0.3, -0.25) is 4.40 Å². The monoisotopic (exact) mass is 305 g/mol. The molecular weight excluding hydrogens is 290 g/mol. The van der Waals surface area contributed by atoms with E-state index in [-0.39, 0.29) is 0 Å². The minimum Gasteiger partial charge on any atom is -0.325 e. The van der Waals surface area contributed by atoms with Crippen LogP contribution < -0.4 is 5.73 Å². The van der Waals surface area contributed by atoms with Crippen molar-refractivity contribution in [1.82, 2.24) is 9.38 Å². The molecule has 0 aliphatic carbocycles. The summed E-state index contributed by atoms with van der Waals surface area (Å²) in [6.45, 7) is 4.78. The smallest absolute Gasteiger partial charge is 0.194 e. The van der Waals surface area contributed by atoms with Gasteiger partial charge in [-0.25, -0.2) is 4.98 Å². The average molecular weight is 306 g/mol. The molecule has 2 N–H and O–H groups in total. The molecule has 0 aliphatic rings. The summed E-state index contributed by atoms with van der Waals surface area (Å²) in [5.41, 5.74) is 10.4. The Morgan fingerprint density at radius 2 is 1.95 bits per heavy atom. The van der Waals surface area contributed by atoms with E-state index >= 15 is 0 Å². The number of hydrogen-bond donors (Lipinski definition) is 1. The topological polar surface area (TPSA) is 43.3 Å². The fraction of sp³-hybridized carbons (Fsp3) is 0.267. The summed E-state index contributed by atoms with van der Waals surface area (Å²) in [4.78, 5) is 7.10. The van der Waals surface area contributed by atoms with E-state index in [0.717, 1.165) is 33.4 Å². The van der Waals surface area contributed by atoms with Gasteiger partial charge >= 0.3 is 0 Å². The summed E-state index contributed by atoms with van der Waals surface area (Å²) in [6.07, 6.45) is 0.981. The third-order valence-corrected chi connectivity index (χ3v) is 4.76. The maximum Gasteiger partial charge on any atom is 0.194 e. The zero-order chi connectivity index (χ0) is 14.3. The van der Waals surface area contributed by atoms with Crippen molar-refractivity contribution in [2.45, 2.75) is 26.8 Å². The Morgan fingerprint density at radius 1 is 1.25 bits per heavy atom. The van der Waals surface area contributed by atoms with E-state index in [1.807, 2.05) is 24.3 Å². The molecule has 0 radical (unpaired) electrons. The quantitative estimate of drug-likeness (QED) is 0.793. The van der Waals surface area contributed by atoms with E-state index in [2.05, 4.69) is 18.2 Å². The summed E-state index contributed by atoms with van der Waals surface area (Å²) >= 11 is 7.67. The molecule has 20 heavy (non-hydrogen) atoms. The summed E-state index contributed by atoms with van der Waals surface area (Å²) < 4.78 is 2.21. The largest absolute Gasteiger partial charge is 0.325 e. The van der Waals surface area contributed by atoms with Crippen LogP contribution in [0.3, 0.4) is 0 Å². The summed E-state index contributed by atoms with van der Waals surface area (Å²) in [5.74, 6) is 0. The van der Waals surface area contributed by atoms with Crippen LogP contribution in [0.15, 0.2) is 24.3 Å². The van der Waals surface area contributed by atoms with Gasteiger partial charge in [-0.15, -0.1) is 11.3 Å². The Labute approximate surface area is 127 Å². The molecule has 2 heterocycles. The number of imidazole rings is 1. The van der Waals surface area contributed by atoms with Gasteiger partial charge in [-0.1, -0.05) is 30.7 Å². The first-order valence-electron chi connectivity index (χ1n) is 6.61. The van der Waals surface area contributed by atoms with Crippen LogP contribution in [0, 0.1) is 6.92 Å². The normalized spacial score (nSPS) is 11.4. The van der Waals surface area contributed by atoms with Gasteiger partial charge in [0.15, 0.2) is 4.96 Å². The zero-order valence-corrected chi connectivity index (χ0v) is 13.1. The SMILES string of the molecule is CCc1c(C)sc2nc(-c3ccc(Cl)cc3)c(CN)n12. The molecule has 3 rings (SSSR count). The molecule has 0 saturated carbocycles. The van der Waals surface area contributed by atoms with Gasteiger partial charge in [0.05, 0.1) is 11.4 Å². The lowest BCUT2D eigenvalue weighted by molar-refractivity contribution is 0.902. The number of aromatic nitrogens is 2. The van der Waals surface area contributed by atoms with E-state index in [4.69, 9.17) is 22.3 Å². The van der Waals surface area contributed by atoms with Crippen LogP contribution in [0.1, 0.15) is 23.2 Å². The fourth-order valence-electron chi connectivity index (χ4n) is 2.57. The van der Waals surface area contributed by atoms with E-state index in [0.29, 0.717) is 6.54 Å². The van der Waals surface area contributed by atoms with Crippen LogP contribution in [0.25, 0.3) is 16.2 Å². The van der Waals surface area contributed by atoms with E-state index in [1.165, 1.54) is 10.6 Å². The molecule has 0 atom stereocenters. The lowest BCUT2D eigenvalue weighted by atomic mass is 10.1. The number of benzene rings is 1. The molecule has 3 aromatic rings. The number of halogens is 1. The summed E-state index contributed by atoms with van der Waals surface area (Å²) in [5, 5.41) is 0.731. The zero-order valence-electron chi connectivity index (χ0n) is 11.5. The van der Waals surface area contributed by atoms with Crippen molar-refractivity contribution in [1.29, 1.82) is 0 Å². The number of thiazole rings is 1. The van der Waals surface area contributed by atoms with Gasteiger partial charge in [0.1, 0.15) is 0 Å². The molecule has 0 bridgehead atoms. The highest BCUT2D eigenvalue weighted by molar-refractivity contribution is 7.17. The Morgan fingerprint density at radius 3 is 2.55 bits per heavy atom. The number of nitrogens with two attached hydrogens (primary N) is 1. The molecule has 0 amide bonds. The fourth-order valence-corrected chi connectivity index (χ4v) is 3.77. The molecule has 5 heteroatoms. The van der Waals surface area contributed by atoms with Crippen molar-refractivity contribution in [2.24, 2.45) is 5.73 Å². The standard InChI is InChI=1S/C15H16ClN3S/c1-3-12-9(2)20-15-18-14(13(8-17)19(12)15)10-4-6-11(16)7-5-10/h4-7H,3,8,17H2,1-2H3. The third kappa shape index (κ3) is 2.04. The van der Waals surface area contributed by atoms with Gasteiger partial charge < -0.3 is 5.73 Å². The van der Waals surface area contributed by atoms with E-state index < -0.39 is 0 Å². The second-order valence-corrected chi connectivity index (χ2v) is 6.31. The van der Waals surface area contributed by atoms with Crippen LogP contribution in [0.2, 0.25) is 5.02 Å². The molecule has 2 aromatic heterocycles. The number of fused-ring (bicyclic) bond motifs is 1. The summed E-state index contributed by atoms with van der Waals surface area (Å²) in [7, 11) is 0. The molecule has 0 saturated heterocycles. The second kappa shape index (κ2) is 5.20. The number of hydrogen-bond acceptors (Lipinski definition) is 3. The third-order valence-electron chi connectivity index (χ3n) is 3.51. The van der Waals surface area contributed by atoms with E-state index in [1.54, 1.807) is 11.3 Å². The van der Waals surface area contributed by atoms with Gasteiger partial charge in [-0.05, 0) is 25.5 Å². The van der Waals surface area contributed by atoms with Crippen LogP contribution in [0.4, 0.5) is 0 Å². The van der Waals surface area contributed by atoms with Crippen molar-refractivity contribution < 1.29 is 0 Å². The number of aryl methyl sites for hydroxylation is 2. The minimum absolute atomic E-state index is 0.475. The molecule has 0 aliphatic heterocycles. The first-order valence-corrected chi connectivity index (χ1v) is 7.80. The number of rotatable bonds is 3. The molecule has 0 unspecified atom stereocenters. The Kier molecular flexibility index (Phi) is 3.54. The van der Waals surface area contributed by atoms with Gasteiger partial charge in [0.25, 0.3) is 0 Å². The molecule has 0 spiro atoms. The predicted molar refractivity (Wildman–Crippen MR) is 85.5 cm³/mol. The maximum atomic E-state index is 5.98. The van der Waals surface area contributed by atoms with Crippen molar-refractivity contribution in [3.8, 4) is 11.3 Å². The maximum absolute atomic E-state index is 5.98. The van der Waals surface area contributed by atoms with Crippen molar-refractivity contribution >= 4 is 27.9 Å². The highest BCUT2D eigenvalue weighted by atomic mass is 35.5. The van der Waals surface area contributed by atoms with Crippen LogP contribution in [-0.2, 0) is 13.0 Å². The van der Waals surface area contributed by atoms with Gasteiger partial charge in [-0.2, -0.15) is 0 Å². The lowest BCUT2D eigenvalue weighted by Gasteiger charge is -2.05.